The molecule has 6 N–H and O–H groups in total. The lowest BCUT2D eigenvalue weighted by molar-refractivity contribution is -0.220. The first-order valence-electron chi connectivity index (χ1n) is 27.4. The number of phosphoric ester groups is 1. The Morgan fingerprint density at radius 1 is 0.449 bits per heavy atom. The SMILES string of the molecule is CCCCC/C=C/C/C=C/C/C=C/CCCCCCC(=O)OC[C@H](COP(=O)(O)OC1C(O)C(O)C(O)[C@@H](O)C1O)OC(=O)CCC/C=C/CCCCCCCCCCCCCCCCCCCC. The maximum atomic E-state index is 12.9. The number of hydrogen-bond donors (Lipinski definition) is 6. The molecule has 6 unspecified atom stereocenters. The molecule has 14 heteroatoms. The number of rotatable bonds is 46. The number of carbonyl (C=O) groups is 2. The van der Waals surface area contributed by atoms with Gasteiger partial charge in [-0.15, -0.1) is 0 Å². The first-order valence-corrected chi connectivity index (χ1v) is 28.9. The Hall–Kier alpha value is -2.19. The summed E-state index contributed by atoms with van der Waals surface area (Å²) in [6, 6.07) is 0. The van der Waals surface area contributed by atoms with Gasteiger partial charge in [-0.05, 0) is 70.6 Å². The summed E-state index contributed by atoms with van der Waals surface area (Å²) in [5, 5.41) is 50.3. The van der Waals surface area contributed by atoms with E-state index < -0.39 is 75.7 Å². The van der Waals surface area contributed by atoms with Crippen LogP contribution in [-0.2, 0) is 32.7 Å². The molecule has 1 saturated carbocycles. The van der Waals surface area contributed by atoms with Crippen LogP contribution in [0.4, 0.5) is 0 Å². The lowest BCUT2D eigenvalue weighted by Gasteiger charge is -2.41. The molecule has 1 aliphatic rings. The van der Waals surface area contributed by atoms with E-state index in [-0.39, 0.29) is 12.8 Å². The maximum absolute atomic E-state index is 12.9. The minimum Gasteiger partial charge on any atom is -0.462 e. The molecule has 0 heterocycles. The number of esters is 2. The molecule has 13 nitrogen and oxygen atoms in total. The van der Waals surface area contributed by atoms with E-state index in [0.29, 0.717) is 19.3 Å². The first kappa shape index (κ1) is 64.8. The molecule has 1 rings (SSSR count). The van der Waals surface area contributed by atoms with Crippen LogP contribution in [0.15, 0.2) is 48.6 Å². The third-order valence-corrected chi connectivity index (χ3v) is 13.6. The van der Waals surface area contributed by atoms with Gasteiger partial charge < -0.3 is 39.9 Å². The van der Waals surface area contributed by atoms with E-state index in [0.717, 1.165) is 57.8 Å². The molecule has 0 radical (unpaired) electrons. The van der Waals surface area contributed by atoms with Crippen LogP contribution in [0, 0.1) is 0 Å². The van der Waals surface area contributed by atoms with Crippen LogP contribution in [0.1, 0.15) is 232 Å². The highest BCUT2D eigenvalue weighted by Crippen LogP contribution is 2.47. The van der Waals surface area contributed by atoms with Gasteiger partial charge in [0.25, 0.3) is 0 Å². The topological polar surface area (TPSA) is 210 Å². The number of carbonyl (C=O) groups excluding carboxylic acids is 2. The van der Waals surface area contributed by atoms with E-state index in [1.807, 2.05) is 0 Å². The second-order valence-corrected chi connectivity index (χ2v) is 20.5. The summed E-state index contributed by atoms with van der Waals surface area (Å²) in [6.45, 7) is 3.27. The first-order chi connectivity index (χ1) is 33.4. The molecule has 69 heavy (non-hydrogen) atoms. The summed E-state index contributed by atoms with van der Waals surface area (Å²) in [6.07, 6.45) is 41.7. The van der Waals surface area contributed by atoms with Crippen molar-refractivity contribution in [2.24, 2.45) is 0 Å². The Kier molecular flexibility index (Phi) is 41.8. The van der Waals surface area contributed by atoms with Crippen LogP contribution in [0.2, 0.25) is 0 Å². The van der Waals surface area contributed by atoms with Gasteiger partial charge in [-0.3, -0.25) is 18.6 Å². The molecule has 0 saturated heterocycles. The fourth-order valence-corrected chi connectivity index (χ4v) is 9.21. The van der Waals surface area contributed by atoms with Gasteiger partial charge in [0.2, 0.25) is 0 Å². The van der Waals surface area contributed by atoms with Crippen molar-refractivity contribution in [2.45, 2.75) is 275 Å². The van der Waals surface area contributed by atoms with E-state index in [1.54, 1.807) is 0 Å². The predicted octanol–water partition coefficient (Wildman–Crippen LogP) is 12.3. The number of aliphatic hydroxyl groups excluding tert-OH is 5. The summed E-state index contributed by atoms with van der Waals surface area (Å²) in [5.74, 6) is -1.16. The van der Waals surface area contributed by atoms with Gasteiger partial charge in [-0.1, -0.05) is 197 Å². The van der Waals surface area contributed by atoms with E-state index >= 15 is 0 Å². The Morgan fingerprint density at radius 3 is 1.28 bits per heavy atom. The fraction of sp³-hybridized carbons (Fsp3) is 0.818. The molecule has 8 atom stereocenters. The standard InChI is InChI=1S/C55H99O13P/c1-3-5-7-9-11-13-15-17-19-21-22-23-24-25-26-28-30-32-34-36-38-40-42-44-49(57)67-47(46-66-69(63,64)68-55-53(61)51(59)50(58)52(60)54(55)62)45-65-48(56)43-41-39-37-35-33-31-29-27-20-18-16-14-12-10-8-6-4-2/h12,14,18,20,29,31,36,38,47,50-55,58-62H,3-11,13,15-17,19,21-28,30,32-35,37,39-46H2,1-2H3,(H,63,64)/b14-12+,20-18+,31-29+,38-36+/t47-,50?,51-,52?,53?,54?,55?/m1/s1. The van der Waals surface area contributed by atoms with Gasteiger partial charge in [0, 0.05) is 12.8 Å². The Labute approximate surface area is 418 Å². The highest BCUT2D eigenvalue weighted by atomic mass is 31.2. The van der Waals surface area contributed by atoms with E-state index in [4.69, 9.17) is 18.5 Å². The number of aliphatic hydroxyl groups is 5. The molecular formula is C55H99O13P. The summed E-state index contributed by atoms with van der Waals surface area (Å²) in [4.78, 5) is 35.9. The van der Waals surface area contributed by atoms with Crippen molar-refractivity contribution in [1.29, 1.82) is 0 Å². The number of ether oxygens (including phenoxy) is 2. The summed E-state index contributed by atoms with van der Waals surface area (Å²) in [7, 11) is -5.14. The summed E-state index contributed by atoms with van der Waals surface area (Å²) >= 11 is 0. The van der Waals surface area contributed by atoms with Crippen molar-refractivity contribution in [1.82, 2.24) is 0 Å². The van der Waals surface area contributed by atoms with Gasteiger partial charge in [-0.2, -0.15) is 0 Å². The average Bonchev–Trinajstić information content (AvgIpc) is 3.33. The van der Waals surface area contributed by atoms with Crippen molar-refractivity contribution >= 4 is 19.8 Å². The molecule has 1 aliphatic carbocycles. The molecule has 0 bridgehead atoms. The maximum Gasteiger partial charge on any atom is 0.472 e. The van der Waals surface area contributed by atoms with E-state index in [2.05, 4.69) is 62.5 Å². The van der Waals surface area contributed by atoms with Crippen LogP contribution in [0.25, 0.3) is 0 Å². The lowest BCUT2D eigenvalue weighted by atomic mass is 9.85. The third kappa shape index (κ3) is 36.4. The molecule has 0 aromatic rings. The zero-order chi connectivity index (χ0) is 50.6. The minimum absolute atomic E-state index is 0.0442. The Morgan fingerprint density at radius 2 is 0.797 bits per heavy atom. The molecule has 1 fully saturated rings. The normalized spacial score (nSPS) is 21.2. The van der Waals surface area contributed by atoms with Crippen molar-refractivity contribution < 1.29 is 63.1 Å². The van der Waals surface area contributed by atoms with Gasteiger partial charge in [0.05, 0.1) is 6.61 Å². The van der Waals surface area contributed by atoms with Crippen molar-refractivity contribution in [3.8, 4) is 0 Å². The predicted molar refractivity (Wildman–Crippen MR) is 276 cm³/mol. The molecule has 0 amide bonds. The zero-order valence-corrected chi connectivity index (χ0v) is 44.0. The molecule has 0 aromatic carbocycles. The number of hydrogen-bond acceptors (Lipinski definition) is 12. The number of unbranched alkanes of at least 4 members (excludes halogenated alkanes) is 26. The van der Waals surface area contributed by atoms with E-state index in [1.165, 1.54) is 128 Å². The van der Waals surface area contributed by atoms with Crippen molar-refractivity contribution in [3.05, 3.63) is 48.6 Å². The second-order valence-electron chi connectivity index (χ2n) is 19.1. The highest BCUT2D eigenvalue weighted by molar-refractivity contribution is 7.47. The lowest BCUT2D eigenvalue weighted by Crippen LogP contribution is -2.64. The van der Waals surface area contributed by atoms with Crippen LogP contribution >= 0.6 is 7.82 Å². The van der Waals surface area contributed by atoms with Crippen LogP contribution in [0.3, 0.4) is 0 Å². The van der Waals surface area contributed by atoms with Crippen LogP contribution in [0.5, 0.6) is 0 Å². The molecule has 0 aliphatic heterocycles. The molecule has 402 valence electrons. The summed E-state index contributed by atoms with van der Waals surface area (Å²) in [5.41, 5.74) is 0. The van der Waals surface area contributed by atoms with Crippen molar-refractivity contribution in [2.75, 3.05) is 13.2 Å². The number of phosphoric acid groups is 1. The minimum atomic E-state index is -5.14. The van der Waals surface area contributed by atoms with Crippen molar-refractivity contribution in [3.63, 3.8) is 0 Å². The largest absolute Gasteiger partial charge is 0.472 e. The summed E-state index contributed by atoms with van der Waals surface area (Å²) < 4.78 is 33.6. The van der Waals surface area contributed by atoms with Gasteiger partial charge in [0.15, 0.2) is 6.10 Å². The highest BCUT2D eigenvalue weighted by Gasteiger charge is 2.51. The van der Waals surface area contributed by atoms with Crippen LogP contribution in [-0.4, -0.2) is 98.3 Å². The average molecular weight is 999 g/mol. The monoisotopic (exact) mass is 999 g/mol. The third-order valence-electron chi connectivity index (χ3n) is 12.6. The van der Waals surface area contributed by atoms with Gasteiger partial charge >= 0.3 is 19.8 Å². The van der Waals surface area contributed by atoms with Gasteiger partial charge in [-0.25, -0.2) is 4.57 Å². The second kappa shape index (κ2) is 44.5. The van der Waals surface area contributed by atoms with E-state index in [9.17, 15) is 44.6 Å². The fourth-order valence-electron chi connectivity index (χ4n) is 8.24. The molecule has 0 spiro atoms. The molecule has 0 aromatic heterocycles. The number of allylic oxidation sites excluding steroid dienone is 8. The van der Waals surface area contributed by atoms with Crippen LogP contribution < -0.4 is 0 Å². The zero-order valence-electron chi connectivity index (χ0n) is 43.1. The Balaban J connectivity index is 2.39. The Bertz CT molecular complexity index is 1390. The molecular weight excluding hydrogens is 900 g/mol. The quantitative estimate of drug-likeness (QED) is 0.0145. The smallest absolute Gasteiger partial charge is 0.462 e. The van der Waals surface area contributed by atoms with Gasteiger partial charge in [0.1, 0.15) is 43.2 Å².